The fourth-order valence-electron chi connectivity index (χ4n) is 2.10. The molecule has 1 aliphatic heterocycles. The van der Waals surface area contributed by atoms with Gasteiger partial charge in [0.2, 0.25) is 0 Å². The van der Waals surface area contributed by atoms with Crippen molar-refractivity contribution >= 4 is 40.2 Å². The van der Waals surface area contributed by atoms with Crippen LogP contribution in [0.2, 0.25) is 5.02 Å². The zero-order valence-electron chi connectivity index (χ0n) is 10.1. The number of nitrogens with two attached hydrogens (primary N) is 2. The summed E-state index contributed by atoms with van der Waals surface area (Å²) >= 11 is 5.87. The smallest absolute Gasteiger partial charge is 0.185 e. The molecule has 1 unspecified atom stereocenters. The van der Waals surface area contributed by atoms with Crippen LogP contribution in [0, 0.1) is 5.92 Å². The van der Waals surface area contributed by atoms with E-state index < -0.39 is 0 Å². The molecule has 2 rings (SSSR count). The van der Waals surface area contributed by atoms with Gasteiger partial charge in [-0.1, -0.05) is 11.6 Å². The van der Waals surface area contributed by atoms with Crippen molar-refractivity contribution in [3.8, 4) is 0 Å². The lowest BCUT2D eigenvalue weighted by atomic mass is 10.1. The molecule has 0 aromatic heterocycles. The van der Waals surface area contributed by atoms with Crippen LogP contribution in [-0.4, -0.2) is 25.6 Å². The van der Waals surface area contributed by atoms with E-state index in [1.165, 1.54) is 5.69 Å². The molecule has 100 valence electrons. The first-order chi connectivity index (χ1) is 8.15. The van der Waals surface area contributed by atoms with Gasteiger partial charge in [-0.25, -0.2) is 0 Å². The summed E-state index contributed by atoms with van der Waals surface area (Å²) in [5.74, 6) is 0.711. The first kappa shape index (κ1) is 15.1. The summed E-state index contributed by atoms with van der Waals surface area (Å²) in [5.41, 5.74) is 11.9. The molecule has 6 heteroatoms. The number of aliphatic imine (C=N–C) groups is 1. The average Bonchev–Trinajstić information content (AvgIpc) is 2.76. The molecule has 0 spiro atoms. The van der Waals surface area contributed by atoms with Gasteiger partial charge in [-0.2, -0.15) is 0 Å². The predicted octanol–water partition coefficient (Wildman–Crippen LogP) is 2.02. The fourth-order valence-corrected chi connectivity index (χ4v) is 2.23. The molecule has 1 aromatic carbocycles. The number of guanidine groups is 1. The van der Waals surface area contributed by atoms with Crippen molar-refractivity contribution in [1.82, 2.24) is 0 Å². The molecule has 0 bridgehead atoms. The fraction of sp³-hybridized carbons (Fsp3) is 0.417. The Morgan fingerprint density at radius 2 is 2.00 bits per heavy atom. The van der Waals surface area contributed by atoms with Gasteiger partial charge in [-0.15, -0.1) is 17.0 Å². The third kappa shape index (κ3) is 4.07. The zero-order chi connectivity index (χ0) is 12.3. The SMILES string of the molecule is Br.NC(N)=NCC1CCN(c2ccc(Cl)cc2)C1. The predicted molar refractivity (Wildman–Crippen MR) is 82.8 cm³/mol. The Morgan fingerprint density at radius 3 is 2.61 bits per heavy atom. The van der Waals surface area contributed by atoms with E-state index in [1.54, 1.807) is 0 Å². The molecule has 1 atom stereocenters. The molecule has 1 saturated heterocycles. The second-order valence-electron chi connectivity index (χ2n) is 4.34. The van der Waals surface area contributed by atoms with Crippen molar-refractivity contribution in [2.45, 2.75) is 6.42 Å². The van der Waals surface area contributed by atoms with Crippen LogP contribution in [-0.2, 0) is 0 Å². The summed E-state index contributed by atoms with van der Waals surface area (Å²) in [5, 5.41) is 0.769. The summed E-state index contributed by atoms with van der Waals surface area (Å²) in [6, 6.07) is 7.93. The lowest BCUT2D eigenvalue weighted by Gasteiger charge is -2.18. The van der Waals surface area contributed by atoms with E-state index in [0.29, 0.717) is 12.5 Å². The Balaban J connectivity index is 0.00000162. The average molecular weight is 334 g/mol. The van der Waals surface area contributed by atoms with Crippen molar-refractivity contribution in [1.29, 1.82) is 0 Å². The first-order valence-electron chi connectivity index (χ1n) is 5.71. The monoisotopic (exact) mass is 332 g/mol. The molecule has 1 aromatic rings. The van der Waals surface area contributed by atoms with E-state index in [1.807, 2.05) is 24.3 Å². The van der Waals surface area contributed by atoms with E-state index in [4.69, 9.17) is 23.1 Å². The molecule has 4 nitrogen and oxygen atoms in total. The van der Waals surface area contributed by atoms with Crippen LogP contribution < -0.4 is 16.4 Å². The van der Waals surface area contributed by atoms with Gasteiger partial charge < -0.3 is 16.4 Å². The van der Waals surface area contributed by atoms with E-state index >= 15 is 0 Å². The highest BCUT2D eigenvalue weighted by Gasteiger charge is 2.22. The van der Waals surface area contributed by atoms with Crippen molar-refractivity contribution in [3.05, 3.63) is 29.3 Å². The number of anilines is 1. The van der Waals surface area contributed by atoms with Crippen molar-refractivity contribution in [2.24, 2.45) is 22.4 Å². The first-order valence-corrected chi connectivity index (χ1v) is 6.09. The summed E-state index contributed by atoms with van der Waals surface area (Å²) in [4.78, 5) is 6.41. The number of rotatable bonds is 3. The molecule has 1 aliphatic rings. The topological polar surface area (TPSA) is 67.6 Å². The van der Waals surface area contributed by atoms with Gasteiger partial charge in [-0.05, 0) is 36.6 Å². The minimum atomic E-state index is 0. The van der Waals surface area contributed by atoms with E-state index in [0.717, 1.165) is 24.5 Å². The summed E-state index contributed by atoms with van der Waals surface area (Å²) in [6.07, 6.45) is 1.12. The normalized spacial score (nSPS) is 18.3. The molecule has 0 aliphatic carbocycles. The molecule has 1 fully saturated rings. The van der Waals surface area contributed by atoms with Gasteiger partial charge in [0.15, 0.2) is 5.96 Å². The van der Waals surface area contributed by atoms with Gasteiger partial charge in [0.05, 0.1) is 0 Å². The Morgan fingerprint density at radius 1 is 1.33 bits per heavy atom. The third-order valence-corrected chi connectivity index (χ3v) is 3.26. The van der Waals surface area contributed by atoms with Crippen LogP contribution in [0.5, 0.6) is 0 Å². The molecule has 1 heterocycles. The lowest BCUT2D eigenvalue weighted by Crippen LogP contribution is -2.25. The van der Waals surface area contributed by atoms with Crippen LogP contribution in [0.25, 0.3) is 0 Å². The number of hydrogen-bond donors (Lipinski definition) is 2. The Bertz CT molecular complexity index is 403. The minimum Gasteiger partial charge on any atom is -0.371 e. The Labute approximate surface area is 123 Å². The lowest BCUT2D eigenvalue weighted by molar-refractivity contribution is 0.603. The highest BCUT2D eigenvalue weighted by molar-refractivity contribution is 8.93. The van der Waals surface area contributed by atoms with Gasteiger partial charge in [0, 0.05) is 30.3 Å². The number of nitrogens with zero attached hydrogens (tertiary/aromatic N) is 2. The van der Waals surface area contributed by atoms with Gasteiger partial charge >= 0.3 is 0 Å². The van der Waals surface area contributed by atoms with E-state index in [-0.39, 0.29) is 22.9 Å². The maximum atomic E-state index is 5.87. The summed E-state index contributed by atoms with van der Waals surface area (Å²) < 4.78 is 0. The van der Waals surface area contributed by atoms with Gasteiger partial charge in [0.25, 0.3) is 0 Å². The van der Waals surface area contributed by atoms with E-state index in [9.17, 15) is 0 Å². The van der Waals surface area contributed by atoms with Gasteiger partial charge in [0.1, 0.15) is 0 Å². The van der Waals surface area contributed by atoms with Gasteiger partial charge in [-0.3, -0.25) is 4.99 Å². The molecule has 0 saturated carbocycles. The number of halogens is 2. The highest BCUT2D eigenvalue weighted by atomic mass is 79.9. The number of hydrogen-bond acceptors (Lipinski definition) is 2. The summed E-state index contributed by atoms with van der Waals surface area (Å²) in [7, 11) is 0. The Hall–Kier alpha value is -0.940. The second kappa shape index (κ2) is 6.85. The molecular weight excluding hydrogens is 316 g/mol. The maximum Gasteiger partial charge on any atom is 0.185 e. The molecule has 0 radical (unpaired) electrons. The van der Waals surface area contributed by atoms with Crippen LogP contribution in [0.15, 0.2) is 29.3 Å². The Kier molecular flexibility index (Phi) is 5.75. The zero-order valence-corrected chi connectivity index (χ0v) is 12.5. The molecule has 18 heavy (non-hydrogen) atoms. The van der Waals surface area contributed by atoms with Crippen molar-refractivity contribution < 1.29 is 0 Å². The number of benzene rings is 1. The molecular formula is C12H18BrClN4. The van der Waals surface area contributed by atoms with Crippen molar-refractivity contribution in [2.75, 3.05) is 24.5 Å². The second-order valence-corrected chi connectivity index (χ2v) is 4.78. The summed E-state index contributed by atoms with van der Waals surface area (Å²) in [6.45, 7) is 2.76. The van der Waals surface area contributed by atoms with Crippen LogP contribution in [0.1, 0.15) is 6.42 Å². The quantitative estimate of drug-likeness (QED) is 0.657. The van der Waals surface area contributed by atoms with Crippen LogP contribution in [0.3, 0.4) is 0 Å². The van der Waals surface area contributed by atoms with Crippen LogP contribution >= 0.6 is 28.6 Å². The van der Waals surface area contributed by atoms with Crippen LogP contribution in [0.4, 0.5) is 5.69 Å². The van der Waals surface area contributed by atoms with E-state index in [2.05, 4.69) is 9.89 Å². The maximum absolute atomic E-state index is 5.87. The highest BCUT2D eigenvalue weighted by Crippen LogP contribution is 2.25. The molecule has 0 amide bonds. The molecule has 4 N–H and O–H groups in total. The largest absolute Gasteiger partial charge is 0.371 e. The minimum absolute atomic E-state index is 0. The third-order valence-electron chi connectivity index (χ3n) is 3.01. The van der Waals surface area contributed by atoms with Crippen molar-refractivity contribution in [3.63, 3.8) is 0 Å². The standard InChI is InChI=1S/C12H17ClN4.BrH/c13-10-1-3-11(4-2-10)17-6-5-9(8-17)7-16-12(14)15;/h1-4,9H,5-8H2,(H4,14,15,16);1H.